The maximum absolute atomic E-state index is 4.28. The van der Waals surface area contributed by atoms with Crippen molar-refractivity contribution in [3.63, 3.8) is 0 Å². The smallest absolute Gasteiger partial charge is 0.176 e. The summed E-state index contributed by atoms with van der Waals surface area (Å²) in [6, 6.07) is 0.467. The molecule has 1 fully saturated rings. The molecule has 0 spiro atoms. The van der Waals surface area contributed by atoms with Crippen molar-refractivity contribution >= 4 is 11.8 Å². The van der Waals surface area contributed by atoms with Crippen molar-refractivity contribution in [3.8, 4) is 0 Å². The van der Waals surface area contributed by atoms with Gasteiger partial charge in [0.2, 0.25) is 0 Å². The Morgan fingerprint density at radius 3 is 2.84 bits per heavy atom. The number of aromatic nitrogens is 4. The summed E-state index contributed by atoms with van der Waals surface area (Å²) in [6.45, 7) is 3.27. The first-order chi connectivity index (χ1) is 9.28. The van der Waals surface area contributed by atoms with Gasteiger partial charge in [0.15, 0.2) is 5.82 Å². The van der Waals surface area contributed by atoms with Crippen LogP contribution < -0.4 is 5.32 Å². The van der Waals surface area contributed by atoms with Crippen LogP contribution in [-0.4, -0.2) is 43.8 Å². The Bertz CT molecular complexity index is 362. The van der Waals surface area contributed by atoms with Gasteiger partial charge in [0.25, 0.3) is 0 Å². The highest BCUT2D eigenvalue weighted by atomic mass is 32.2. The van der Waals surface area contributed by atoms with E-state index in [1.807, 2.05) is 7.05 Å². The van der Waals surface area contributed by atoms with Crippen LogP contribution in [0.2, 0.25) is 0 Å². The van der Waals surface area contributed by atoms with Crippen LogP contribution in [0.15, 0.2) is 0 Å². The minimum Gasteiger partial charge on any atom is -0.313 e. The predicted molar refractivity (Wildman–Crippen MR) is 79.3 cm³/mol. The molecule has 1 N–H and O–H groups in total. The Kier molecular flexibility index (Phi) is 6.10. The SMILES string of the molecule is CCCNC(CSC1CCCC1)Cc1nnn(C)n1. The highest BCUT2D eigenvalue weighted by Gasteiger charge is 2.19. The third-order valence-corrected chi connectivity index (χ3v) is 5.03. The van der Waals surface area contributed by atoms with E-state index in [-0.39, 0.29) is 0 Å². The second-order valence-corrected chi connectivity index (χ2v) is 6.62. The molecular weight excluding hydrogens is 258 g/mol. The fourth-order valence-electron chi connectivity index (χ4n) is 2.47. The Morgan fingerprint density at radius 2 is 2.21 bits per heavy atom. The fraction of sp³-hybridized carbons (Fsp3) is 0.923. The molecule has 0 radical (unpaired) electrons. The van der Waals surface area contributed by atoms with Crippen LogP contribution in [0.3, 0.4) is 0 Å². The molecule has 0 saturated heterocycles. The topological polar surface area (TPSA) is 55.6 Å². The van der Waals surface area contributed by atoms with Gasteiger partial charge in [-0.3, -0.25) is 0 Å². The normalized spacial score (nSPS) is 18.0. The summed E-state index contributed by atoms with van der Waals surface area (Å²) in [7, 11) is 1.82. The fourth-order valence-corrected chi connectivity index (χ4v) is 3.88. The molecular formula is C13H25N5S. The third-order valence-electron chi connectivity index (χ3n) is 3.50. The quantitative estimate of drug-likeness (QED) is 0.788. The lowest BCUT2D eigenvalue weighted by Gasteiger charge is -2.18. The Hall–Kier alpha value is -0.620. The highest BCUT2D eigenvalue weighted by Crippen LogP contribution is 2.29. The molecule has 1 heterocycles. The van der Waals surface area contributed by atoms with E-state index < -0.39 is 0 Å². The lowest BCUT2D eigenvalue weighted by Crippen LogP contribution is -2.35. The van der Waals surface area contributed by atoms with Gasteiger partial charge in [-0.2, -0.15) is 16.6 Å². The Labute approximate surface area is 119 Å². The standard InChI is InChI=1S/C13H25N5S/c1-3-8-14-11(9-13-15-17-18(2)16-13)10-19-12-6-4-5-7-12/h11-12,14H,3-10H2,1-2H3. The van der Waals surface area contributed by atoms with E-state index in [4.69, 9.17) is 0 Å². The first-order valence-corrected chi connectivity index (χ1v) is 8.40. The second-order valence-electron chi connectivity index (χ2n) is 5.29. The van der Waals surface area contributed by atoms with Crippen molar-refractivity contribution in [2.24, 2.45) is 7.05 Å². The first-order valence-electron chi connectivity index (χ1n) is 7.35. The number of aryl methyl sites for hydroxylation is 1. The number of hydrogen-bond acceptors (Lipinski definition) is 5. The van der Waals surface area contributed by atoms with Crippen LogP contribution in [0.25, 0.3) is 0 Å². The second kappa shape index (κ2) is 7.85. The summed E-state index contributed by atoms with van der Waals surface area (Å²) < 4.78 is 0. The summed E-state index contributed by atoms with van der Waals surface area (Å²) in [5.41, 5.74) is 0. The van der Waals surface area contributed by atoms with Gasteiger partial charge < -0.3 is 5.32 Å². The van der Waals surface area contributed by atoms with E-state index >= 15 is 0 Å². The van der Waals surface area contributed by atoms with Crippen LogP contribution in [0.4, 0.5) is 0 Å². The number of rotatable bonds is 8. The van der Waals surface area contributed by atoms with Gasteiger partial charge in [0.05, 0.1) is 7.05 Å². The van der Waals surface area contributed by atoms with Gasteiger partial charge in [-0.05, 0) is 31.0 Å². The van der Waals surface area contributed by atoms with Crippen LogP contribution in [0, 0.1) is 0 Å². The monoisotopic (exact) mass is 283 g/mol. The van der Waals surface area contributed by atoms with E-state index in [2.05, 4.69) is 39.4 Å². The summed E-state index contributed by atoms with van der Waals surface area (Å²) >= 11 is 2.12. The number of tetrazole rings is 1. The predicted octanol–water partition coefficient (Wildman–Crippen LogP) is 1.80. The number of thioether (sulfide) groups is 1. The molecule has 5 nitrogen and oxygen atoms in total. The molecule has 1 atom stereocenters. The molecule has 0 bridgehead atoms. The summed E-state index contributed by atoms with van der Waals surface area (Å²) in [5.74, 6) is 2.01. The van der Waals surface area contributed by atoms with Gasteiger partial charge in [0.1, 0.15) is 0 Å². The minimum atomic E-state index is 0.467. The molecule has 1 saturated carbocycles. The van der Waals surface area contributed by atoms with Crippen LogP contribution >= 0.6 is 11.8 Å². The van der Waals surface area contributed by atoms with Crippen molar-refractivity contribution < 1.29 is 0 Å². The highest BCUT2D eigenvalue weighted by molar-refractivity contribution is 7.99. The zero-order valence-electron chi connectivity index (χ0n) is 12.0. The van der Waals surface area contributed by atoms with Gasteiger partial charge in [-0.1, -0.05) is 19.8 Å². The molecule has 0 aliphatic heterocycles. The number of nitrogens with one attached hydrogen (secondary N) is 1. The van der Waals surface area contributed by atoms with E-state index in [1.54, 1.807) is 0 Å². The van der Waals surface area contributed by atoms with Crippen molar-refractivity contribution in [2.45, 2.75) is 56.7 Å². The molecule has 2 rings (SSSR count). The lowest BCUT2D eigenvalue weighted by atomic mass is 10.2. The van der Waals surface area contributed by atoms with Gasteiger partial charge in [0, 0.05) is 23.5 Å². The largest absolute Gasteiger partial charge is 0.313 e. The van der Waals surface area contributed by atoms with Gasteiger partial charge in [-0.15, -0.1) is 10.2 Å². The maximum Gasteiger partial charge on any atom is 0.176 e. The molecule has 108 valence electrons. The van der Waals surface area contributed by atoms with Gasteiger partial charge >= 0.3 is 0 Å². The Morgan fingerprint density at radius 1 is 1.42 bits per heavy atom. The zero-order chi connectivity index (χ0) is 13.5. The summed E-state index contributed by atoms with van der Waals surface area (Å²) in [5, 5.41) is 16.8. The van der Waals surface area contributed by atoms with Crippen molar-refractivity contribution in [2.75, 3.05) is 12.3 Å². The number of nitrogens with zero attached hydrogens (tertiary/aromatic N) is 4. The van der Waals surface area contributed by atoms with E-state index in [0.29, 0.717) is 6.04 Å². The first kappa shape index (κ1) is 14.8. The minimum absolute atomic E-state index is 0.467. The molecule has 19 heavy (non-hydrogen) atoms. The average Bonchev–Trinajstić information content (AvgIpc) is 3.04. The molecule has 1 aliphatic carbocycles. The molecule has 0 aromatic carbocycles. The third kappa shape index (κ3) is 5.10. The summed E-state index contributed by atoms with van der Waals surface area (Å²) in [4.78, 5) is 1.54. The molecule has 1 aromatic rings. The van der Waals surface area contributed by atoms with Crippen LogP contribution in [-0.2, 0) is 13.5 Å². The lowest BCUT2D eigenvalue weighted by molar-refractivity contribution is 0.536. The molecule has 1 aliphatic rings. The zero-order valence-corrected chi connectivity index (χ0v) is 12.8. The maximum atomic E-state index is 4.28. The van der Waals surface area contributed by atoms with Crippen LogP contribution in [0.1, 0.15) is 44.9 Å². The molecule has 1 unspecified atom stereocenters. The molecule has 1 aromatic heterocycles. The van der Waals surface area contributed by atoms with Crippen molar-refractivity contribution in [1.29, 1.82) is 0 Å². The van der Waals surface area contributed by atoms with Crippen molar-refractivity contribution in [1.82, 2.24) is 25.5 Å². The van der Waals surface area contributed by atoms with E-state index in [1.165, 1.54) is 36.9 Å². The average molecular weight is 283 g/mol. The van der Waals surface area contributed by atoms with Crippen molar-refractivity contribution in [3.05, 3.63) is 5.82 Å². The summed E-state index contributed by atoms with van der Waals surface area (Å²) in [6.07, 6.45) is 7.67. The Balaban J connectivity index is 1.79. The molecule has 0 amide bonds. The van der Waals surface area contributed by atoms with Gasteiger partial charge in [-0.25, -0.2) is 0 Å². The van der Waals surface area contributed by atoms with Crippen LogP contribution in [0.5, 0.6) is 0 Å². The van der Waals surface area contributed by atoms with E-state index in [0.717, 1.165) is 29.8 Å². The van der Waals surface area contributed by atoms with E-state index in [9.17, 15) is 0 Å². The molecule has 6 heteroatoms. The number of hydrogen-bond donors (Lipinski definition) is 1.